The number of nitrogens with zero attached hydrogens (tertiary/aromatic N) is 2. The zero-order valence-corrected chi connectivity index (χ0v) is 9.63. The molecule has 1 atom stereocenters. The molecule has 0 aromatic heterocycles. The van der Waals surface area contributed by atoms with E-state index in [1.807, 2.05) is 0 Å². The molecule has 5 nitrogen and oxygen atoms in total. The van der Waals surface area contributed by atoms with Crippen molar-refractivity contribution >= 4 is 10.2 Å². The third-order valence-corrected chi connectivity index (χ3v) is 4.51. The highest BCUT2D eigenvalue weighted by Gasteiger charge is 2.29. The Labute approximate surface area is 86.0 Å². The summed E-state index contributed by atoms with van der Waals surface area (Å²) in [5, 5.41) is 0. The maximum atomic E-state index is 11.8. The molecule has 0 amide bonds. The summed E-state index contributed by atoms with van der Waals surface area (Å²) in [6, 6.07) is 0. The van der Waals surface area contributed by atoms with Gasteiger partial charge in [-0.2, -0.15) is 17.0 Å². The third-order valence-electron chi connectivity index (χ3n) is 2.60. The molecule has 0 radical (unpaired) electrons. The van der Waals surface area contributed by atoms with Crippen molar-refractivity contribution in [3.8, 4) is 0 Å². The minimum atomic E-state index is -3.23. The number of rotatable bonds is 3. The molecule has 84 valence electrons. The van der Waals surface area contributed by atoms with Crippen molar-refractivity contribution in [2.45, 2.75) is 12.8 Å². The fourth-order valence-corrected chi connectivity index (χ4v) is 2.88. The Morgan fingerprint density at radius 1 is 1.50 bits per heavy atom. The van der Waals surface area contributed by atoms with Gasteiger partial charge in [-0.25, -0.2) is 0 Å². The standard InChI is InChI=1S/C8H19N3O2S/c1-10(2)14(12,13)11-5-3-4-8(6-9)7-11/h8H,3-7,9H2,1-2H3. The van der Waals surface area contributed by atoms with Gasteiger partial charge in [-0.05, 0) is 25.3 Å². The third kappa shape index (κ3) is 2.44. The van der Waals surface area contributed by atoms with Crippen LogP contribution < -0.4 is 5.73 Å². The summed E-state index contributed by atoms with van der Waals surface area (Å²) in [6.07, 6.45) is 1.95. The lowest BCUT2D eigenvalue weighted by atomic mass is 10.0. The molecule has 1 aliphatic heterocycles. The van der Waals surface area contributed by atoms with Gasteiger partial charge in [-0.1, -0.05) is 0 Å². The lowest BCUT2D eigenvalue weighted by Crippen LogP contribution is -2.46. The number of hydrogen-bond donors (Lipinski definition) is 1. The van der Waals surface area contributed by atoms with Crippen molar-refractivity contribution in [3.63, 3.8) is 0 Å². The molecule has 2 N–H and O–H groups in total. The van der Waals surface area contributed by atoms with Crippen molar-refractivity contribution in [2.24, 2.45) is 11.7 Å². The maximum absolute atomic E-state index is 11.8. The Balaban J connectivity index is 2.69. The number of nitrogens with two attached hydrogens (primary N) is 1. The fraction of sp³-hybridized carbons (Fsp3) is 1.00. The summed E-state index contributed by atoms with van der Waals surface area (Å²) < 4.78 is 26.3. The zero-order valence-electron chi connectivity index (χ0n) is 8.81. The average molecular weight is 221 g/mol. The van der Waals surface area contributed by atoms with Crippen molar-refractivity contribution in [3.05, 3.63) is 0 Å². The first-order chi connectivity index (χ1) is 6.48. The van der Waals surface area contributed by atoms with Crippen LogP contribution in [0, 0.1) is 5.92 Å². The van der Waals surface area contributed by atoms with Crippen LogP contribution in [-0.4, -0.2) is 50.8 Å². The van der Waals surface area contributed by atoms with E-state index in [-0.39, 0.29) is 0 Å². The largest absolute Gasteiger partial charge is 0.330 e. The lowest BCUT2D eigenvalue weighted by Gasteiger charge is -2.32. The molecule has 1 unspecified atom stereocenters. The van der Waals surface area contributed by atoms with Gasteiger partial charge >= 0.3 is 0 Å². The van der Waals surface area contributed by atoms with Crippen molar-refractivity contribution in [1.29, 1.82) is 0 Å². The molecule has 0 saturated carbocycles. The minimum absolute atomic E-state index is 0.318. The van der Waals surface area contributed by atoms with Gasteiger partial charge in [0.2, 0.25) is 0 Å². The highest BCUT2D eigenvalue weighted by molar-refractivity contribution is 7.86. The molecule has 1 aliphatic rings. The SMILES string of the molecule is CN(C)S(=O)(=O)N1CCCC(CN)C1. The highest BCUT2D eigenvalue weighted by atomic mass is 32.2. The van der Waals surface area contributed by atoms with Crippen LogP contribution in [0.15, 0.2) is 0 Å². The molecular formula is C8H19N3O2S. The Morgan fingerprint density at radius 2 is 2.14 bits per heavy atom. The van der Waals surface area contributed by atoms with E-state index in [0.29, 0.717) is 25.6 Å². The van der Waals surface area contributed by atoms with E-state index in [9.17, 15) is 8.42 Å². The molecule has 1 rings (SSSR count). The Kier molecular flexibility index (Phi) is 3.88. The molecular weight excluding hydrogens is 202 g/mol. The first kappa shape index (κ1) is 11.9. The summed E-state index contributed by atoms with van der Waals surface area (Å²) in [7, 11) is -0.118. The molecule has 1 heterocycles. The highest BCUT2D eigenvalue weighted by Crippen LogP contribution is 2.18. The van der Waals surface area contributed by atoms with Gasteiger partial charge in [-0.3, -0.25) is 0 Å². The van der Waals surface area contributed by atoms with Crippen LogP contribution in [0.1, 0.15) is 12.8 Å². The number of piperidine rings is 1. The van der Waals surface area contributed by atoms with Gasteiger partial charge in [-0.15, -0.1) is 0 Å². The van der Waals surface area contributed by atoms with Crippen LogP contribution in [0.4, 0.5) is 0 Å². The van der Waals surface area contributed by atoms with Gasteiger partial charge in [0.25, 0.3) is 10.2 Å². The Hall–Kier alpha value is -0.170. The first-order valence-corrected chi connectivity index (χ1v) is 6.26. The van der Waals surface area contributed by atoms with E-state index >= 15 is 0 Å². The molecule has 1 fully saturated rings. The van der Waals surface area contributed by atoms with Gasteiger partial charge in [0.1, 0.15) is 0 Å². The molecule has 1 saturated heterocycles. The summed E-state index contributed by atoms with van der Waals surface area (Å²) in [5.41, 5.74) is 5.55. The fourth-order valence-electron chi connectivity index (χ4n) is 1.66. The van der Waals surface area contributed by atoms with Gasteiger partial charge in [0, 0.05) is 27.2 Å². The summed E-state index contributed by atoms with van der Waals surface area (Å²) in [6.45, 7) is 1.76. The topological polar surface area (TPSA) is 66.6 Å². The molecule has 0 aromatic rings. The summed E-state index contributed by atoms with van der Waals surface area (Å²) in [4.78, 5) is 0. The summed E-state index contributed by atoms with van der Waals surface area (Å²) in [5.74, 6) is 0.318. The van der Waals surface area contributed by atoms with Crippen LogP contribution in [0.25, 0.3) is 0 Å². The molecule has 0 aromatic carbocycles. The Morgan fingerprint density at radius 3 is 2.64 bits per heavy atom. The van der Waals surface area contributed by atoms with Crippen LogP contribution in [0.2, 0.25) is 0 Å². The van der Waals surface area contributed by atoms with Crippen molar-refractivity contribution < 1.29 is 8.42 Å². The van der Waals surface area contributed by atoms with E-state index in [2.05, 4.69) is 0 Å². The smallest absolute Gasteiger partial charge is 0.281 e. The predicted octanol–water partition coefficient (Wildman–Crippen LogP) is -0.536. The Bertz CT molecular complexity index is 276. The second-order valence-corrected chi connectivity index (χ2v) is 6.03. The van der Waals surface area contributed by atoms with E-state index < -0.39 is 10.2 Å². The zero-order chi connectivity index (χ0) is 10.8. The van der Waals surface area contributed by atoms with E-state index in [0.717, 1.165) is 12.8 Å². The minimum Gasteiger partial charge on any atom is -0.330 e. The van der Waals surface area contributed by atoms with E-state index in [4.69, 9.17) is 5.73 Å². The van der Waals surface area contributed by atoms with E-state index in [1.165, 1.54) is 8.61 Å². The van der Waals surface area contributed by atoms with Crippen molar-refractivity contribution in [2.75, 3.05) is 33.7 Å². The summed E-state index contributed by atoms with van der Waals surface area (Å²) >= 11 is 0. The monoisotopic (exact) mass is 221 g/mol. The maximum Gasteiger partial charge on any atom is 0.281 e. The second-order valence-electron chi connectivity index (χ2n) is 3.89. The molecule has 0 bridgehead atoms. The van der Waals surface area contributed by atoms with Gasteiger partial charge in [0.15, 0.2) is 0 Å². The quantitative estimate of drug-likeness (QED) is 0.696. The van der Waals surface area contributed by atoms with Gasteiger partial charge in [0.05, 0.1) is 0 Å². The molecule has 14 heavy (non-hydrogen) atoms. The number of hydrogen-bond acceptors (Lipinski definition) is 3. The van der Waals surface area contributed by atoms with Crippen LogP contribution in [-0.2, 0) is 10.2 Å². The lowest BCUT2D eigenvalue weighted by molar-refractivity contribution is 0.259. The predicted molar refractivity (Wildman–Crippen MR) is 56.0 cm³/mol. The normalized spacial score (nSPS) is 25.6. The van der Waals surface area contributed by atoms with Gasteiger partial charge < -0.3 is 5.73 Å². The second kappa shape index (κ2) is 4.57. The van der Waals surface area contributed by atoms with Crippen molar-refractivity contribution in [1.82, 2.24) is 8.61 Å². The first-order valence-electron chi connectivity index (χ1n) is 4.86. The molecule has 6 heteroatoms. The molecule has 0 aliphatic carbocycles. The van der Waals surface area contributed by atoms with Crippen LogP contribution in [0.3, 0.4) is 0 Å². The van der Waals surface area contributed by atoms with Crippen LogP contribution >= 0.6 is 0 Å². The molecule has 0 spiro atoms. The average Bonchev–Trinajstić information content (AvgIpc) is 2.17. The van der Waals surface area contributed by atoms with E-state index in [1.54, 1.807) is 14.1 Å². The van der Waals surface area contributed by atoms with Crippen LogP contribution in [0.5, 0.6) is 0 Å².